The van der Waals surface area contributed by atoms with Crippen LogP contribution in [0.1, 0.15) is 36.5 Å². The van der Waals surface area contributed by atoms with Crippen LogP contribution in [-0.4, -0.2) is 27.5 Å². The van der Waals surface area contributed by atoms with Gasteiger partial charge in [0, 0.05) is 0 Å². The van der Waals surface area contributed by atoms with E-state index in [9.17, 15) is 18.0 Å². The van der Waals surface area contributed by atoms with E-state index in [0.29, 0.717) is 25.0 Å². The summed E-state index contributed by atoms with van der Waals surface area (Å²) >= 11 is 0. The predicted molar refractivity (Wildman–Crippen MR) is 54.6 cm³/mol. The van der Waals surface area contributed by atoms with Crippen molar-refractivity contribution in [1.82, 2.24) is 15.0 Å². The van der Waals surface area contributed by atoms with Crippen molar-refractivity contribution in [1.29, 1.82) is 0 Å². The zero-order valence-electron chi connectivity index (χ0n) is 9.66. The van der Waals surface area contributed by atoms with E-state index in [1.165, 1.54) is 0 Å². The molecule has 0 fully saturated rings. The van der Waals surface area contributed by atoms with Crippen molar-refractivity contribution in [2.75, 3.05) is 0 Å². The molecule has 0 aliphatic rings. The molecular formula is C10H14F3N3O. The first-order chi connectivity index (χ1) is 7.83. The first-order valence-corrected chi connectivity index (χ1v) is 5.27. The summed E-state index contributed by atoms with van der Waals surface area (Å²) in [6.45, 7) is 2.71. The minimum absolute atomic E-state index is 0.00472. The van der Waals surface area contributed by atoms with Gasteiger partial charge in [0.25, 0.3) is 0 Å². The number of nitrogens with zero attached hydrogens (tertiary/aromatic N) is 3. The van der Waals surface area contributed by atoms with Crippen molar-refractivity contribution in [3.05, 3.63) is 11.4 Å². The summed E-state index contributed by atoms with van der Waals surface area (Å²) in [5, 5.41) is 6.81. The maximum Gasteiger partial charge on any atom is 0.408 e. The Morgan fingerprint density at radius 3 is 2.53 bits per heavy atom. The quantitative estimate of drug-likeness (QED) is 0.752. The topological polar surface area (TPSA) is 47.8 Å². The summed E-state index contributed by atoms with van der Waals surface area (Å²) in [4.78, 5) is 10.7. The van der Waals surface area contributed by atoms with E-state index in [0.717, 1.165) is 4.68 Å². The van der Waals surface area contributed by atoms with Crippen LogP contribution < -0.4 is 0 Å². The van der Waals surface area contributed by atoms with Gasteiger partial charge in [-0.3, -0.25) is 4.79 Å². The fraction of sp³-hybridized carbons (Fsp3) is 0.700. The molecule has 4 nitrogen and oxygen atoms in total. The molecule has 0 saturated heterocycles. The molecule has 0 atom stereocenters. The molecule has 0 spiro atoms. The van der Waals surface area contributed by atoms with Crippen LogP contribution in [0, 0.1) is 5.92 Å². The lowest BCUT2D eigenvalue weighted by molar-refractivity contribution is -0.143. The number of aldehydes is 1. The molecule has 0 aliphatic carbocycles. The van der Waals surface area contributed by atoms with E-state index in [1.807, 2.05) is 13.8 Å². The number of hydrogen-bond acceptors (Lipinski definition) is 3. The fourth-order valence-electron chi connectivity index (χ4n) is 1.42. The highest BCUT2D eigenvalue weighted by Gasteiger charge is 2.30. The van der Waals surface area contributed by atoms with Crippen LogP contribution in [-0.2, 0) is 13.0 Å². The summed E-state index contributed by atoms with van der Waals surface area (Å²) in [6, 6.07) is 0. The van der Waals surface area contributed by atoms with Gasteiger partial charge in [0.1, 0.15) is 12.2 Å². The highest BCUT2D eigenvalue weighted by atomic mass is 19.4. The Bertz CT molecular complexity index is 385. The van der Waals surface area contributed by atoms with Crippen molar-refractivity contribution in [3.8, 4) is 0 Å². The first-order valence-electron chi connectivity index (χ1n) is 5.27. The lowest BCUT2D eigenvalue weighted by Crippen LogP contribution is -2.21. The number of aromatic nitrogens is 3. The standard InChI is InChI=1S/C10H14F3N3O/c1-7(2)3-4-9-8(5-17)14-15-16(9)6-10(11,12)13/h5,7H,3-4,6H2,1-2H3. The van der Waals surface area contributed by atoms with Crippen LogP contribution in [0.25, 0.3) is 0 Å². The van der Waals surface area contributed by atoms with Crippen LogP contribution in [0.3, 0.4) is 0 Å². The Hall–Kier alpha value is -1.40. The highest BCUT2D eigenvalue weighted by molar-refractivity contribution is 5.73. The largest absolute Gasteiger partial charge is 0.408 e. The molecule has 0 radical (unpaired) electrons. The van der Waals surface area contributed by atoms with E-state index in [4.69, 9.17) is 0 Å². The van der Waals surface area contributed by atoms with Crippen molar-refractivity contribution < 1.29 is 18.0 Å². The van der Waals surface area contributed by atoms with Crippen LogP contribution in [0.5, 0.6) is 0 Å². The molecule has 1 heterocycles. The van der Waals surface area contributed by atoms with Crippen LogP contribution >= 0.6 is 0 Å². The van der Waals surface area contributed by atoms with E-state index in [1.54, 1.807) is 0 Å². The Labute approximate surface area is 96.8 Å². The van der Waals surface area contributed by atoms with Gasteiger partial charge < -0.3 is 0 Å². The minimum atomic E-state index is -4.36. The molecule has 17 heavy (non-hydrogen) atoms. The number of rotatable bonds is 5. The van der Waals surface area contributed by atoms with Gasteiger partial charge in [-0.2, -0.15) is 13.2 Å². The van der Waals surface area contributed by atoms with E-state index in [2.05, 4.69) is 10.3 Å². The first kappa shape index (κ1) is 13.7. The maximum absolute atomic E-state index is 12.3. The molecule has 1 aromatic heterocycles. The summed E-state index contributed by atoms with van der Waals surface area (Å²) in [5.41, 5.74) is 0.251. The van der Waals surface area contributed by atoms with Gasteiger partial charge in [0.15, 0.2) is 6.29 Å². The molecule has 0 N–H and O–H groups in total. The third-order valence-corrected chi connectivity index (χ3v) is 2.27. The molecule has 1 rings (SSSR count). The van der Waals surface area contributed by atoms with Gasteiger partial charge in [-0.1, -0.05) is 19.1 Å². The third kappa shape index (κ3) is 4.16. The molecule has 0 amide bonds. The van der Waals surface area contributed by atoms with Gasteiger partial charge in [-0.25, -0.2) is 4.68 Å². The second kappa shape index (κ2) is 5.29. The molecular weight excluding hydrogens is 235 g/mol. The number of hydrogen-bond donors (Lipinski definition) is 0. The molecule has 0 aromatic carbocycles. The summed E-state index contributed by atoms with van der Waals surface area (Å²) < 4.78 is 37.5. The third-order valence-electron chi connectivity index (χ3n) is 2.27. The van der Waals surface area contributed by atoms with Gasteiger partial charge in [0.05, 0.1) is 5.69 Å². The maximum atomic E-state index is 12.3. The number of carbonyl (C=O) groups is 1. The minimum Gasteiger partial charge on any atom is -0.296 e. The zero-order valence-corrected chi connectivity index (χ0v) is 9.66. The Morgan fingerprint density at radius 2 is 2.06 bits per heavy atom. The Balaban J connectivity index is 2.89. The Kier molecular flexibility index (Phi) is 4.25. The van der Waals surface area contributed by atoms with Gasteiger partial charge in [-0.05, 0) is 18.8 Å². The summed E-state index contributed by atoms with van der Waals surface area (Å²) in [5.74, 6) is 0.337. The molecule has 96 valence electrons. The monoisotopic (exact) mass is 249 g/mol. The van der Waals surface area contributed by atoms with Crippen molar-refractivity contribution in [2.24, 2.45) is 5.92 Å². The second-order valence-electron chi connectivity index (χ2n) is 4.24. The number of halogens is 3. The van der Waals surface area contributed by atoms with Crippen LogP contribution in [0.2, 0.25) is 0 Å². The number of carbonyl (C=O) groups excluding carboxylic acids is 1. The van der Waals surface area contributed by atoms with Crippen molar-refractivity contribution in [3.63, 3.8) is 0 Å². The van der Waals surface area contributed by atoms with Gasteiger partial charge in [0.2, 0.25) is 0 Å². The smallest absolute Gasteiger partial charge is 0.296 e. The Morgan fingerprint density at radius 1 is 1.41 bits per heavy atom. The fourth-order valence-corrected chi connectivity index (χ4v) is 1.42. The van der Waals surface area contributed by atoms with E-state index in [-0.39, 0.29) is 11.4 Å². The molecule has 0 aliphatic heterocycles. The van der Waals surface area contributed by atoms with E-state index < -0.39 is 12.7 Å². The molecule has 0 bridgehead atoms. The van der Waals surface area contributed by atoms with Gasteiger partial charge >= 0.3 is 6.18 Å². The lowest BCUT2D eigenvalue weighted by Gasteiger charge is -2.10. The van der Waals surface area contributed by atoms with Crippen LogP contribution in [0.15, 0.2) is 0 Å². The number of alkyl halides is 3. The highest BCUT2D eigenvalue weighted by Crippen LogP contribution is 2.19. The SMILES string of the molecule is CC(C)CCc1c(C=O)nnn1CC(F)(F)F. The predicted octanol–water partition coefficient (Wildman–Crippen LogP) is 2.24. The normalized spacial score (nSPS) is 12.1. The van der Waals surface area contributed by atoms with Gasteiger partial charge in [-0.15, -0.1) is 5.10 Å². The van der Waals surface area contributed by atoms with Crippen molar-refractivity contribution in [2.45, 2.75) is 39.4 Å². The lowest BCUT2D eigenvalue weighted by atomic mass is 10.1. The average molecular weight is 249 g/mol. The van der Waals surface area contributed by atoms with Crippen molar-refractivity contribution >= 4 is 6.29 Å². The molecule has 0 saturated carbocycles. The average Bonchev–Trinajstić information content (AvgIpc) is 2.54. The molecule has 7 heteroatoms. The summed E-state index contributed by atoms with van der Waals surface area (Å²) in [7, 11) is 0. The molecule has 1 aromatic rings. The van der Waals surface area contributed by atoms with Crippen LogP contribution in [0.4, 0.5) is 13.2 Å². The molecule has 0 unspecified atom stereocenters. The van der Waals surface area contributed by atoms with E-state index >= 15 is 0 Å². The second-order valence-corrected chi connectivity index (χ2v) is 4.24. The zero-order chi connectivity index (χ0) is 13.1. The summed E-state index contributed by atoms with van der Waals surface area (Å²) in [6.07, 6.45) is -2.86.